The molecule has 1 amide bonds. The van der Waals surface area contributed by atoms with Gasteiger partial charge in [0.05, 0.1) is 17.7 Å². The van der Waals surface area contributed by atoms with Crippen molar-refractivity contribution in [2.75, 3.05) is 13.2 Å². The molecule has 1 aliphatic carbocycles. The molecule has 3 aliphatic rings. The number of hydrogen-bond donors (Lipinski definition) is 5. The van der Waals surface area contributed by atoms with E-state index in [0.717, 1.165) is 0 Å². The molecular formula is C15H17NO7. The van der Waals surface area contributed by atoms with Crippen molar-refractivity contribution in [3.8, 4) is 17.2 Å². The molecule has 2 aliphatic heterocycles. The highest BCUT2D eigenvalue weighted by Crippen LogP contribution is 2.49. The Kier molecular flexibility index (Phi) is 3.15. The topological polar surface area (TPSA) is 128 Å². The highest BCUT2D eigenvalue weighted by molar-refractivity contribution is 6.01. The number of benzene rings is 1. The lowest BCUT2D eigenvalue weighted by atomic mass is 9.72. The SMILES string of the molecule is O=C1NC2C(CC(O)C(O)C2O)c2cc3c(c(O)c21)OCCO3. The van der Waals surface area contributed by atoms with Crippen LogP contribution in [0.5, 0.6) is 17.2 Å². The van der Waals surface area contributed by atoms with Gasteiger partial charge in [-0.3, -0.25) is 4.79 Å². The number of aromatic hydroxyl groups is 1. The van der Waals surface area contributed by atoms with Gasteiger partial charge in [-0.1, -0.05) is 0 Å². The monoisotopic (exact) mass is 323 g/mol. The molecule has 5 unspecified atom stereocenters. The molecule has 0 aromatic heterocycles. The van der Waals surface area contributed by atoms with E-state index in [2.05, 4.69) is 5.32 Å². The largest absolute Gasteiger partial charge is 0.504 e. The Bertz CT molecular complexity index is 676. The summed E-state index contributed by atoms with van der Waals surface area (Å²) < 4.78 is 10.8. The third kappa shape index (κ3) is 1.99. The standard InChI is InChI=1S/C15H17NO7/c17-7-3-6-5-4-8-14(23-2-1-22-8)12(19)9(5)15(21)16-10(6)13(20)11(7)18/h4,6-7,10-11,13,17-20H,1-3H2,(H,16,21). The molecule has 1 aromatic rings. The molecule has 5 atom stereocenters. The van der Waals surface area contributed by atoms with Crippen LogP contribution in [0.4, 0.5) is 0 Å². The van der Waals surface area contributed by atoms with Crippen molar-refractivity contribution >= 4 is 5.91 Å². The van der Waals surface area contributed by atoms with E-state index in [0.29, 0.717) is 17.9 Å². The van der Waals surface area contributed by atoms with Crippen LogP contribution in [-0.4, -0.2) is 63.9 Å². The van der Waals surface area contributed by atoms with Gasteiger partial charge in [-0.2, -0.15) is 0 Å². The van der Waals surface area contributed by atoms with Gasteiger partial charge in [0.1, 0.15) is 25.4 Å². The Morgan fingerprint density at radius 1 is 1.13 bits per heavy atom. The number of ether oxygens (including phenoxy) is 2. The highest BCUT2D eigenvalue weighted by atomic mass is 16.6. The van der Waals surface area contributed by atoms with E-state index in [4.69, 9.17) is 9.47 Å². The summed E-state index contributed by atoms with van der Waals surface area (Å²) in [6.45, 7) is 0.603. The summed E-state index contributed by atoms with van der Waals surface area (Å²) in [5, 5.41) is 42.9. The van der Waals surface area contributed by atoms with Crippen LogP contribution in [0.1, 0.15) is 28.3 Å². The van der Waals surface area contributed by atoms with Crippen LogP contribution in [-0.2, 0) is 0 Å². The molecule has 1 fully saturated rings. The third-order valence-electron chi connectivity index (χ3n) is 4.80. The highest BCUT2D eigenvalue weighted by Gasteiger charge is 2.48. The molecule has 0 bridgehead atoms. The molecule has 23 heavy (non-hydrogen) atoms. The number of carbonyl (C=O) groups is 1. The molecule has 124 valence electrons. The molecule has 0 radical (unpaired) electrons. The number of amides is 1. The van der Waals surface area contributed by atoms with Gasteiger partial charge >= 0.3 is 0 Å². The van der Waals surface area contributed by atoms with Crippen LogP contribution in [0, 0.1) is 0 Å². The first kappa shape index (κ1) is 14.6. The second kappa shape index (κ2) is 4.98. The third-order valence-corrected chi connectivity index (χ3v) is 4.80. The Morgan fingerprint density at radius 2 is 1.87 bits per heavy atom. The normalized spacial score (nSPS) is 35.1. The van der Waals surface area contributed by atoms with Crippen molar-refractivity contribution in [1.82, 2.24) is 5.32 Å². The van der Waals surface area contributed by atoms with E-state index in [-0.39, 0.29) is 30.1 Å². The summed E-state index contributed by atoms with van der Waals surface area (Å²) >= 11 is 0. The second-order valence-corrected chi connectivity index (χ2v) is 6.10. The van der Waals surface area contributed by atoms with Crippen molar-refractivity contribution in [2.24, 2.45) is 0 Å². The zero-order valence-electron chi connectivity index (χ0n) is 12.1. The number of aliphatic hydroxyl groups excluding tert-OH is 3. The molecule has 8 nitrogen and oxygen atoms in total. The van der Waals surface area contributed by atoms with Gasteiger partial charge in [-0.05, 0) is 18.1 Å². The first-order valence-corrected chi connectivity index (χ1v) is 7.49. The number of carbonyl (C=O) groups excluding carboxylic acids is 1. The van der Waals surface area contributed by atoms with E-state index in [1.807, 2.05) is 0 Å². The molecule has 1 saturated carbocycles. The van der Waals surface area contributed by atoms with Gasteiger partial charge in [0.25, 0.3) is 5.91 Å². The minimum atomic E-state index is -1.33. The van der Waals surface area contributed by atoms with E-state index in [1.54, 1.807) is 6.07 Å². The molecule has 0 spiro atoms. The summed E-state index contributed by atoms with van der Waals surface area (Å²) in [7, 11) is 0. The molecule has 4 rings (SSSR count). The van der Waals surface area contributed by atoms with E-state index in [9.17, 15) is 25.2 Å². The summed E-state index contributed by atoms with van der Waals surface area (Å²) in [4.78, 5) is 12.4. The zero-order valence-corrected chi connectivity index (χ0v) is 12.1. The Labute approximate surface area is 131 Å². The fourth-order valence-electron chi connectivity index (χ4n) is 3.67. The van der Waals surface area contributed by atoms with Crippen LogP contribution >= 0.6 is 0 Å². The summed E-state index contributed by atoms with van der Waals surface area (Å²) in [6.07, 6.45) is -3.60. The molecular weight excluding hydrogens is 306 g/mol. The smallest absolute Gasteiger partial charge is 0.255 e. The number of rotatable bonds is 0. The number of phenols is 1. The minimum absolute atomic E-state index is 0.0614. The Hall–Kier alpha value is -2.03. The summed E-state index contributed by atoms with van der Waals surface area (Å²) in [6, 6.07) is 0.868. The molecule has 1 aromatic carbocycles. The summed E-state index contributed by atoms with van der Waals surface area (Å²) in [5.41, 5.74) is 0.539. The summed E-state index contributed by atoms with van der Waals surface area (Å²) in [5.74, 6) is -0.851. The number of aliphatic hydroxyl groups is 3. The maximum absolute atomic E-state index is 12.4. The van der Waals surface area contributed by atoms with E-state index < -0.39 is 36.2 Å². The van der Waals surface area contributed by atoms with Crippen LogP contribution in [0.2, 0.25) is 0 Å². The molecule has 8 heteroatoms. The number of phenolic OH excluding ortho intramolecular Hbond substituents is 1. The molecule has 0 saturated heterocycles. The maximum Gasteiger partial charge on any atom is 0.255 e. The van der Waals surface area contributed by atoms with Crippen molar-refractivity contribution in [2.45, 2.75) is 36.7 Å². The lowest BCUT2D eigenvalue weighted by Crippen LogP contribution is -2.61. The van der Waals surface area contributed by atoms with Crippen molar-refractivity contribution in [3.63, 3.8) is 0 Å². The molecule has 2 heterocycles. The average Bonchev–Trinajstić information content (AvgIpc) is 2.54. The first-order valence-electron chi connectivity index (χ1n) is 7.49. The minimum Gasteiger partial charge on any atom is -0.504 e. The average molecular weight is 323 g/mol. The lowest BCUT2D eigenvalue weighted by Gasteiger charge is -2.44. The first-order chi connectivity index (χ1) is 11.0. The van der Waals surface area contributed by atoms with Crippen LogP contribution in [0.15, 0.2) is 6.07 Å². The van der Waals surface area contributed by atoms with Crippen LogP contribution < -0.4 is 14.8 Å². The predicted octanol–water partition coefficient (Wildman–Crippen LogP) is -1.15. The lowest BCUT2D eigenvalue weighted by molar-refractivity contribution is -0.104. The van der Waals surface area contributed by atoms with Gasteiger partial charge in [-0.25, -0.2) is 0 Å². The zero-order chi connectivity index (χ0) is 16.3. The van der Waals surface area contributed by atoms with E-state index in [1.165, 1.54) is 0 Å². The van der Waals surface area contributed by atoms with Gasteiger partial charge in [0, 0.05) is 5.92 Å². The Morgan fingerprint density at radius 3 is 2.65 bits per heavy atom. The fraction of sp³-hybridized carbons (Fsp3) is 0.533. The van der Waals surface area contributed by atoms with Crippen molar-refractivity contribution < 1.29 is 34.7 Å². The van der Waals surface area contributed by atoms with Gasteiger partial charge < -0.3 is 35.2 Å². The van der Waals surface area contributed by atoms with Crippen LogP contribution in [0.3, 0.4) is 0 Å². The quantitative estimate of drug-likeness (QED) is 0.407. The number of hydrogen-bond acceptors (Lipinski definition) is 7. The fourth-order valence-corrected chi connectivity index (χ4v) is 3.67. The second-order valence-electron chi connectivity index (χ2n) is 6.10. The van der Waals surface area contributed by atoms with Crippen LogP contribution in [0.25, 0.3) is 0 Å². The van der Waals surface area contributed by atoms with Crippen molar-refractivity contribution in [3.05, 3.63) is 17.2 Å². The van der Waals surface area contributed by atoms with E-state index >= 15 is 0 Å². The van der Waals surface area contributed by atoms with Crippen molar-refractivity contribution in [1.29, 1.82) is 0 Å². The maximum atomic E-state index is 12.4. The Balaban J connectivity index is 1.86. The van der Waals surface area contributed by atoms with Gasteiger partial charge in [0.15, 0.2) is 11.5 Å². The predicted molar refractivity (Wildman–Crippen MR) is 75.7 cm³/mol. The number of nitrogens with one attached hydrogen (secondary N) is 1. The molecule has 5 N–H and O–H groups in total. The van der Waals surface area contributed by atoms with Gasteiger partial charge in [0.2, 0.25) is 5.75 Å². The van der Waals surface area contributed by atoms with Gasteiger partial charge in [-0.15, -0.1) is 0 Å². The number of fused-ring (bicyclic) bond motifs is 4.